The third-order valence-corrected chi connectivity index (χ3v) is 3.72. The molecule has 1 aromatic heterocycles. The molecule has 1 fully saturated rings. The van der Waals surface area contributed by atoms with Crippen molar-refractivity contribution in [3.05, 3.63) is 17.9 Å². The van der Waals surface area contributed by atoms with Crippen molar-refractivity contribution < 1.29 is 9.15 Å². The second-order valence-corrected chi connectivity index (χ2v) is 5.58. The molecule has 2 heterocycles. The van der Waals surface area contributed by atoms with Crippen LogP contribution in [0, 0.1) is 0 Å². The van der Waals surface area contributed by atoms with Crippen molar-refractivity contribution in [3.8, 4) is 0 Å². The Hall–Kier alpha value is -1.20. The van der Waals surface area contributed by atoms with E-state index in [1.54, 1.807) is 0 Å². The van der Waals surface area contributed by atoms with Crippen LogP contribution in [-0.4, -0.2) is 41.3 Å². The third kappa shape index (κ3) is 2.87. The highest BCUT2D eigenvalue weighted by Crippen LogP contribution is 2.29. The molecule has 0 bridgehead atoms. The number of ether oxygens (including phenoxy) is 1. The van der Waals surface area contributed by atoms with Gasteiger partial charge in [-0.3, -0.25) is 0 Å². The molecule has 5 heteroatoms. The molecule has 3 rings (SSSR count). The summed E-state index contributed by atoms with van der Waals surface area (Å²) in [6, 6.07) is 0. The monoisotopic (exact) mass is 263 g/mol. The van der Waals surface area contributed by atoms with Gasteiger partial charge in [0.05, 0.1) is 6.10 Å². The van der Waals surface area contributed by atoms with Crippen LogP contribution in [0.5, 0.6) is 0 Å². The summed E-state index contributed by atoms with van der Waals surface area (Å²) >= 11 is 0. The van der Waals surface area contributed by atoms with Crippen molar-refractivity contribution in [2.24, 2.45) is 0 Å². The van der Waals surface area contributed by atoms with Gasteiger partial charge in [0.1, 0.15) is 6.10 Å². The normalized spacial score (nSPS) is 29.3. The van der Waals surface area contributed by atoms with Crippen LogP contribution in [0.15, 0.2) is 10.5 Å². The maximum Gasteiger partial charge on any atom is 0.246 e. The van der Waals surface area contributed by atoms with Crippen molar-refractivity contribution >= 4 is 5.57 Å². The second kappa shape index (κ2) is 5.43. The van der Waals surface area contributed by atoms with Crippen LogP contribution in [0.3, 0.4) is 0 Å². The number of likely N-dealkylation sites (N-methyl/N-ethyl adjacent to an activating group) is 1. The fourth-order valence-corrected chi connectivity index (χ4v) is 2.83. The molecular weight excluding hydrogens is 242 g/mol. The Morgan fingerprint density at radius 3 is 2.89 bits per heavy atom. The molecule has 1 aromatic rings. The summed E-state index contributed by atoms with van der Waals surface area (Å²) in [5, 5.41) is 8.36. The van der Waals surface area contributed by atoms with Crippen molar-refractivity contribution in [3.63, 3.8) is 0 Å². The molecule has 2 aliphatic rings. The van der Waals surface area contributed by atoms with Crippen molar-refractivity contribution in [1.82, 2.24) is 15.1 Å². The van der Waals surface area contributed by atoms with Gasteiger partial charge in [0.2, 0.25) is 11.8 Å². The molecule has 0 N–H and O–H groups in total. The van der Waals surface area contributed by atoms with Crippen molar-refractivity contribution in [1.29, 1.82) is 0 Å². The summed E-state index contributed by atoms with van der Waals surface area (Å²) in [7, 11) is 2.09. The zero-order chi connectivity index (χ0) is 13.2. The molecule has 104 valence electrons. The summed E-state index contributed by atoms with van der Waals surface area (Å²) < 4.78 is 11.7. The minimum Gasteiger partial charge on any atom is -0.418 e. The van der Waals surface area contributed by atoms with E-state index in [1.807, 2.05) is 0 Å². The SMILES string of the molecule is C[C@@H]1CN(C)C[C@H](c2nnc(C3=CCCCC3)o2)O1. The number of hydrogen-bond donors (Lipinski definition) is 0. The average molecular weight is 263 g/mol. The lowest BCUT2D eigenvalue weighted by atomic mass is 10.00. The molecule has 5 nitrogen and oxygen atoms in total. The lowest BCUT2D eigenvalue weighted by Crippen LogP contribution is -2.40. The summed E-state index contributed by atoms with van der Waals surface area (Å²) in [5.74, 6) is 1.29. The second-order valence-electron chi connectivity index (χ2n) is 5.58. The molecule has 1 saturated heterocycles. The van der Waals surface area contributed by atoms with Gasteiger partial charge in [-0.2, -0.15) is 0 Å². The topological polar surface area (TPSA) is 51.4 Å². The highest BCUT2D eigenvalue weighted by atomic mass is 16.5. The predicted molar refractivity (Wildman–Crippen MR) is 71.5 cm³/mol. The fraction of sp³-hybridized carbons (Fsp3) is 0.714. The Kier molecular flexibility index (Phi) is 3.66. The summed E-state index contributed by atoms with van der Waals surface area (Å²) in [6.07, 6.45) is 6.96. The maximum atomic E-state index is 5.89. The van der Waals surface area contributed by atoms with Gasteiger partial charge in [0.15, 0.2) is 0 Å². The highest BCUT2D eigenvalue weighted by Gasteiger charge is 2.29. The molecule has 0 aromatic carbocycles. The first-order valence-electron chi connectivity index (χ1n) is 7.09. The number of morpholine rings is 1. The van der Waals surface area contributed by atoms with Crippen molar-refractivity contribution in [2.45, 2.75) is 44.8 Å². The van der Waals surface area contributed by atoms with Gasteiger partial charge in [0.25, 0.3) is 0 Å². The summed E-state index contributed by atoms with van der Waals surface area (Å²) in [6.45, 7) is 3.83. The van der Waals surface area contributed by atoms with E-state index in [4.69, 9.17) is 9.15 Å². The van der Waals surface area contributed by atoms with Crippen LogP contribution in [0.2, 0.25) is 0 Å². The van der Waals surface area contributed by atoms with Gasteiger partial charge >= 0.3 is 0 Å². The van der Waals surface area contributed by atoms with Crippen LogP contribution in [0.1, 0.15) is 50.5 Å². The molecule has 0 radical (unpaired) electrons. The van der Waals surface area contributed by atoms with Gasteiger partial charge in [-0.15, -0.1) is 10.2 Å². The van der Waals surface area contributed by atoms with Gasteiger partial charge in [-0.05, 0) is 39.7 Å². The van der Waals surface area contributed by atoms with E-state index in [0.717, 1.165) is 25.9 Å². The minimum atomic E-state index is -0.0980. The number of nitrogens with zero attached hydrogens (tertiary/aromatic N) is 3. The van der Waals surface area contributed by atoms with Crippen molar-refractivity contribution in [2.75, 3.05) is 20.1 Å². The summed E-state index contributed by atoms with van der Waals surface area (Å²) in [5.41, 5.74) is 1.20. The molecule has 19 heavy (non-hydrogen) atoms. The van der Waals surface area contributed by atoms with E-state index >= 15 is 0 Å². The predicted octanol–water partition coefficient (Wildman–Crippen LogP) is 2.42. The van der Waals surface area contributed by atoms with E-state index in [-0.39, 0.29) is 12.2 Å². The first-order valence-corrected chi connectivity index (χ1v) is 7.09. The van der Waals surface area contributed by atoms with Gasteiger partial charge in [0, 0.05) is 18.7 Å². The molecule has 0 amide bonds. The molecule has 2 atom stereocenters. The van der Waals surface area contributed by atoms with Crippen LogP contribution in [0.25, 0.3) is 5.57 Å². The third-order valence-electron chi connectivity index (χ3n) is 3.72. The Balaban J connectivity index is 1.75. The largest absolute Gasteiger partial charge is 0.418 e. The van der Waals surface area contributed by atoms with Gasteiger partial charge < -0.3 is 14.1 Å². The Bertz CT molecular complexity index is 459. The Morgan fingerprint density at radius 1 is 1.26 bits per heavy atom. The number of aromatic nitrogens is 2. The Labute approximate surface area is 113 Å². The fourth-order valence-electron chi connectivity index (χ4n) is 2.83. The Morgan fingerprint density at radius 2 is 2.16 bits per heavy atom. The zero-order valence-corrected chi connectivity index (χ0v) is 11.6. The van der Waals surface area contributed by atoms with Crippen LogP contribution in [-0.2, 0) is 4.74 Å². The van der Waals surface area contributed by atoms with E-state index in [0.29, 0.717) is 11.8 Å². The molecule has 0 spiro atoms. The van der Waals surface area contributed by atoms with E-state index in [2.05, 4.69) is 35.1 Å². The molecular formula is C14H21N3O2. The zero-order valence-electron chi connectivity index (χ0n) is 11.6. The van der Waals surface area contributed by atoms with E-state index < -0.39 is 0 Å². The standard InChI is InChI=1S/C14H21N3O2/c1-10-8-17(2)9-12(18-10)14-16-15-13(19-14)11-6-4-3-5-7-11/h6,10,12H,3-5,7-9H2,1-2H3/t10-,12-/m1/s1. The average Bonchev–Trinajstić information content (AvgIpc) is 2.88. The van der Waals surface area contributed by atoms with E-state index in [1.165, 1.54) is 18.4 Å². The van der Waals surface area contributed by atoms with Gasteiger partial charge in [-0.25, -0.2) is 0 Å². The molecule has 0 unspecified atom stereocenters. The maximum absolute atomic E-state index is 5.89. The number of rotatable bonds is 2. The lowest BCUT2D eigenvalue weighted by Gasteiger charge is -2.32. The minimum absolute atomic E-state index is 0.0980. The van der Waals surface area contributed by atoms with Crippen LogP contribution >= 0.6 is 0 Å². The number of hydrogen-bond acceptors (Lipinski definition) is 5. The molecule has 1 aliphatic heterocycles. The smallest absolute Gasteiger partial charge is 0.246 e. The quantitative estimate of drug-likeness (QED) is 0.820. The lowest BCUT2D eigenvalue weighted by molar-refractivity contribution is -0.0824. The van der Waals surface area contributed by atoms with Crippen LogP contribution < -0.4 is 0 Å². The highest BCUT2D eigenvalue weighted by molar-refractivity contribution is 5.58. The first kappa shape index (κ1) is 12.8. The number of allylic oxidation sites excluding steroid dienone is 2. The van der Waals surface area contributed by atoms with Crippen LogP contribution in [0.4, 0.5) is 0 Å². The van der Waals surface area contributed by atoms with E-state index in [9.17, 15) is 0 Å². The van der Waals surface area contributed by atoms with Gasteiger partial charge in [-0.1, -0.05) is 6.08 Å². The molecule has 0 saturated carbocycles. The summed E-state index contributed by atoms with van der Waals surface area (Å²) in [4.78, 5) is 2.24. The first-order chi connectivity index (χ1) is 9.22. The molecule has 1 aliphatic carbocycles.